The van der Waals surface area contributed by atoms with Gasteiger partial charge in [-0.3, -0.25) is 14.5 Å². The molecule has 0 radical (unpaired) electrons. The van der Waals surface area contributed by atoms with E-state index in [-0.39, 0.29) is 30.4 Å². The van der Waals surface area contributed by atoms with Gasteiger partial charge in [-0.15, -0.1) is 0 Å². The minimum absolute atomic E-state index is 0.00568. The fourth-order valence-electron chi connectivity index (χ4n) is 5.58. The molecule has 5 rings (SSSR count). The lowest BCUT2D eigenvalue weighted by Gasteiger charge is -2.37. The standard InChI is InChI=1S/C32H36N4O4/c1-40-27-14-12-25(13-15-27)23-36-30(38)32(34-31(36)39)17-20-35(21-18-32)19-16-28(26-10-6-3-7-11-26)33-29(37)22-24-8-4-2-5-9-24/h2-15,28H,16-23H2,1H3,(H,33,37)(H,34,39)/t28-/m0/s1. The monoisotopic (exact) mass is 540 g/mol. The van der Waals surface area contributed by atoms with Crippen molar-refractivity contribution in [2.24, 2.45) is 0 Å². The Bertz CT molecular complexity index is 1310. The molecule has 1 spiro atoms. The average Bonchev–Trinajstić information content (AvgIpc) is 3.21. The number of likely N-dealkylation sites (tertiary alicyclic amines) is 1. The molecule has 0 unspecified atom stereocenters. The van der Waals surface area contributed by atoms with E-state index in [1.807, 2.05) is 84.9 Å². The maximum atomic E-state index is 13.4. The predicted octanol–water partition coefficient (Wildman–Crippen LogP) is 4.07. The van der Waals surface area contributed by atoms with E-state index in [9.17, 15) is 14.4 Å². The maximum absolute atomic E-state index is 13.4. The van der Waals surface area contributed by atoms with Gasteiger partial charge in [-0.25, -0.2) is 4.79 Å². The molecule has 2 aliphatic heterocycles. The highest BCUT2D eigenvalue weighted by Gasteiger charge is 2.52. The number of nitrogens with one attached hydrogen (secondary N) is 2. The number of methoxy groups -OCH3 is 1. The van der Waals surface area contributed by atoms with Crippen molar-refractivity contribution in [1.29, 1.82) is 0 Å². The number of hydrogen-bond donors (Lipinski definition) is 2. The number of carbonyl (C=O) groups is 3. The Kier molecular flexibility index (Phi) is 8.45. The van der Waals surface area contributed by atoms with Crippen molar-refractivity contribution >= 4 is 17.8 Å². The molecule has 8 nitrogen and oxygen atoms in total. The van der Waals surface area contributed by atoms with Crippen molar-refractivity contribution in [3.05, 3.63) is 102 Å². The molecule has 3 aromatic carbocycles. The van der Waals surface area contributed by atoms with Crippen molar-refractivity contribution in [1.82, 2.24) is 20.4 Å². The molecule has 0 bridgehead atoms. The summed E-state index contributed by atoms with van der Waals surface area (Å²) in [6.45, 7) is 2.41. The molecule has 40 heavy (non-hydrogen) atoms. The van der Waals surface area contributed by atoms with Crippen molar-refractivity contribution in [3.8, 4) is 5.75 Å². The second kappa shape index (κ2) is 12.3. The Labute approximate surface area is 235 Å². The zero-order valence-corrected chi connectivity index (χ0v) is 22.8. The van der Waals surface area contributed by atoms with Crippen LogP contribution in [-0.2, 0) is 22.6 Å². The SMILES string of the molecule is COc1ccc(CN2C(=O)NC3(CCN(CC[C@H](NC(=O)Cc4ccccc4)c4ccccc4)CC3)C2=O)cc1. The molecule has 3 aromatic rings. The molecule has 0 aromatic heterocycles. The first-order valence-corrected chi connectivity index (χ1v) is 13.8. The third kappa shape index (κ3) is 6.34. The molecule has 2 saturated heterocycles. The Balaban J connectivity index is 1.16. The molecule has 8 heteroatoms. The molecular formula is C32H36N4O4. The van der Waals surface area contributed by atoms with E-state index in [2.05, 4.69) is 15.5 Å². The van der Waals surface area contributed by atoms with Crippen molar-refractivity contribution < 1.29 is 19.1 Å². The molecule has 1 atom stereocenters. The van der Waals surface area contributed by atoms with Gasteiger partial charge in [-0.2, -0.15) is 0 Å². The fourth-order valence-corrected chi connectivity index (χ4v) is 5.58. The highest BCUT2D eigenvalue weighted by molar-refractivity contribution is 6.07. The number of hydrogen-bond acceptors (Lipinski definition) is 5. The normalized spacial score (nSPS) is 17.5. The number of rotatable bonds is 10. The second-order valence-corrected chi connectivity index (χ2v) is 10.6. The van der Waals surface area contributed by atoms with Crippen LogP contribution >= 0.6 is 0 Å². The summed E-state index contributed by atoms with van der Waals surface area (Å²) in [5, 5.41) is 6.23. The number of nitrogens with zero attached hydrogens (tertiary/aromatic N) is 2. The molecular weight excluding hydrogens is 504 g/mol. The van der Waals surface area contributed by atoms with Crippen LogP contribution < -0.4 is 15.4 Å². The van der Waals surface area contributed by atoms with E-state index in [4.69, 9.17) is 4.74 Å². The van der Waals surface area contributed by atoms with E-state index in [0.29, 0.717) is 32.4 Å². The van der Waals surface area contributed by atoms with Crippen LogP contribution in [0.3, 0.4) is 0 Å². The van der Waals surface area contributed by atoms with Crippen LogP contribution in [0, 0.1) is 0 Å². The van der Waals surface area contributed by atoms with Gasteiger partial charge in [0, 0.05) is 19.6 Å². The number of imide groups is 1. The quantitative estimate of drug-likeness (QED) is 0.379. The largest absolute Gasteiger partial charge is 0.497 e. The summed E-state index contributed by atoms with van der Waals surface area (Å²) in [7, 11) is 1.60. The smallest absolute Gasteiger partial charge is 0.325 e. The van der Waals surface area contributed by atoms with Crippen LogP contribution in [-0.4, -0.2) is 59.9 Å². The molecule has 0 saturated carbocycles. The highest BCUT2D eigenvalue weighted by atomic mass is 16.5. The summed E-state index contributed by atoms with van der Waals surface area (Å²) in [5.74, 6) is 0.576. The molecule has 2 aliphatic rings. The fraction of sp³-hybridized carbons (Fsp3) is 0.344. The Morgan fingerprint density at radius 2 is 1.57 bits per heavy atom. The van der Waals surface area contributed by atoms with Crippen LogP contribution in [0.4, 0.5) is 4.79 Å². The molecule has 4 amide bonds. The van der Waals surface area contributed by atoms with Crippen molar-refractivity contribution in [2.45, 2.75) is 43.8 Å². The Morgan fingerprint density at radius 3 is 2.23 bits per heavy atom. The second-order valence-electron chi connectivity index (χ2n) is 10.6. The van der Waals surface area contributed by atoms with Crippen molar-refractivity contribution in [3.63, 3.8) is 0 Å². The van der Waals surface area contributed by atoms with Crippen LogP contribution in [0.5, 0.6) is 5.75 Å². The lowest BCUT2D eigenvalue weighted by molar-refractivity contribution is -0.133. The molecule has 2 N–H and O–H groups in total. The molecule has 208 valence electrons. The van der Waals surface area contributed by atoms with E-state index < -0.39 is 5.54 Å². The summed E-state index contributed by atoms with van der Waals surface area (Å²) in [6.07, 6.45) is 2.22. The first kappa shape index (κ1) is 27.4. The van der Waals surface area contributed by atoms with Gasteiger partial charge < -0.3 is 20.3 Å². The first-order valence-electron chi connectivity index (χ1n) is 13.8. The number of urea groups is 1. The van der Waals surface area contributed by atoms with Gasteiger partial charge in [0.1, 0.15) is 11.3 Å². The van der Waals surface area contributed by atoms with E-state index >= 15 is 0 Å². The topological polar surface area (TPSA) is 91.0 Å². The van der Waals surface area contributed by atoms with Gasteiger partial charge in [-0.1, -0.05) is 72.8 Å². The van der Waals surface area contributed by atoms with Gasteiger partial charge >= 0.3 is 6.03 Å². The third-order valence-corrected chi connectivity index (χ3v) is 7.93. The number of carbonyl (C=O) groups excluding carboxylic acids is 3. The molecule has 2 heterocycles. The Hall–Kier alpha value is -4.17. The summed E-state index contributed by atoms with van der Waals surface area (Å²) in [4.78, 5) is 42.7. The van der Waals surface area contributed by atoms with Crippen molar-refractivity contribution in [2.75, 3.05) is 26.7 Å². The number of benzene rings is 3. The lowest BCUT2D eigenvalue weighted by atomic mass is 9.87. The van der Waals surface area contributed by atoms with Gasteiger partial charge in [0.05, 0.1) is 26.1 Å². The van der Waals surface area contributed by atoms with Crippen LogP contribution in [0.1, 0.15) is 42.0 Å². The van der Waals surface area contributed by atoms with Crippen LogP contribution in [0.25, 0.3) is 0 Å². The third-order valence-electron chi connectivity index (χ3n) is 7.93. The summed E-state index contributed by atoms with van der Waals surface area (Å²) < 4.78 is 5.20. The summed E-state index contributed by atoms with van der Waals surface area (Å²) in [6, 6.07) is 26.7. The number of piperidine rings is 1. The highest BCUT2D eigenvalue weighted by Crippen LogP contribution is 2.31. The van der Waals surface area contributed by atoms with Crippen LogP contribution in [0.2, 0.25) is 0 Å². The zero-order valence-electron chi connectivity index (χ0n) is 22.8. The van der Waals surface area contributed by atoms with Gasteiger partial charge in [0.15, 0.2) is 0 Å². The minimum Gasteiger partial charge on any atom is -0.497 e. The van der Waals surface area contributed by atoms with Gasteiger partial charge in [-0.05, 0) is 48.1 Å². The number of amides is 4. The lowest BCUT2D eigenvalue weighted by Crippen LogP contribution is -2.55. The van der Waals surface area contributed by atoms with Crippen LogP contribution in [0.15, 0.2) is 84.9 Å². The van der Waals surface area contributed by atoms with Gasteiger partial charge in [0.25, 0.3) is 5.91 Å². The predicted molar refractivity (Wildman–Crippen MR) is 153 cm³/mol. The molecule has 2 fully saturated rings. The summed E-state index contributed by atoms with van der Waals surface area (Å²) in [5.41, 5.74) is 2.09. The maximum Gasteiger partial charge on any atom is 0.325 e. The number of ether oxygens (including phenoxy) is 1. The average molecular weight is 541 g/mol. The minimum atomic E-state index is -0.844. The Morgan fingerprint density at radius 1 is 0.925 bits per heavy atom. The first-order chi connectivity index (χ1) is 19.5. The van der Waals surface area contributed by atoms with Gasteiger partial charge in [0.2, 0.25) is 5.91 Å². The zero-order chi connectivity index (χ0) is 28.0. The van der Waals surface area contributed by atoms with E-state index in [1.54, 1.807) is 7.11 Å². The van der Waals surface area contributed by atoms with E-state index in [1.165, 1.54) is 4.90 Å². The summed E-state index contributed by atoms with van der Waals surface area (Å²) >= 11 is 0. The molecule has 0 aliphatic carbocycles. The van der Waals surface area contributed by atoms with E-state index in [0.717, 1.165) is 35.4 Å².